The number of hydrogen-bond donors (Lipinski definition) is 0. The second-order valence-corrected chi connectivity index (χ2v) is 5.83. The van der Waals surface area contributed by atoms with Crippen molar-refractivity contribution in [3.63, 3.8) is 0 Å². The van der Waals surface area contributed by atoms with Gasteiger partial charge in [-0.05, 0) is 5.56 Å². The van der Waals surface area contributed by atoms with E-state index >= 15 is 0 Å². The zero-order valence-corrected chi connectivity index (χ0v) is 12.5. The van der Waals surface area contributed by atoms with E-state index < -0.39 is 0 Å². The van der Waals surface area contributed by atoms with Crippen LogP contribution in [0, 0.1) is 0 Å². The zero-order chi connectivity index (χ0) is 14.7. The molecular formula is C14H15N5OS. The van der Waals surface area contributed by atoms with Gasteiger partial charge < -0.3 is 4.90 Å². The topological polar surface area (TPSA) is 63.4 Å². The van der Waals surface area contributed by atoms with Gasteiger partial charge in [-0.15, -0.1) is 10.2 Å². The van der Waals surface area contributed by atoms with E-state index in [0.717, 1.165) is 15.5 Å². The molecule has 6 nitrogen and oxygen atoms in total. The lowest BCUT2D eigenvalue weighted by atomic mass is 10.2. The molecule has 0 saturated heterocycles. The summed E-state index contributed by atoms with van der Waals surface area (Å²) in [6, 6.07) is 9.97. The Hall–Kier alpha value is -2.28. The summed E-state index contributed by atoms with van der Waals surface area (Å²) >= 11 is 1.47. The number of hydrogen-bond acceptors (Lipinski definition) is 5. The molecule has 108 valence electrons. The molecule has 0 aliphatic rings. The van der Waals surface area contributed by atoms with Crippen LogP contribution in [0.25, 0.3) is 4.96 Å². The highest BCUT2D eigenvalue weighted by Gasteiger charge is 2.12. The minimum absolute atomic E-state index is 0.116. The molecule has 0 N–H and O–H groups in total. The van der Waals surface area contributed by atoms with Crippen molar-refractivity contribution >= 4 is 22.2 Å². The van der Waals surface area contributed by atoms with Gasteiger partial charge in [0.1, 0.15) is 11.3 Å². The fraction of sp³-hybridized carbons (Fsp3) is 0.286. The van der Waals surface area contributed by atoms with Gasteiger partial charge in [0.2, 0.25) is 10.9 Å². The van der Waals surface area contributed by atoms with E-state index in [1.807, 2.05) is 37.4 Å². The number of carbonyl (C=O) groups is 1. The molecule has 0 unspecified atom stereocenters. The molecule has 0 spiro atoms. The Balaban J connectivity index is 1.54. The maximum absolute atomic E-state index is 12.1. The van der Waals surface area contributed by atoms with Crippen molar-refractivity contribution in [1.29, 1.82) is 0 Å². The third-order valence-corrected chi connectivity index (χ3v) is 4.14. The monoisotopic (exact) mass is 301 g/mol. The molecule has 21 heavy (non-hydrogen) atoms. The number of aryl methyl sites for hydroxylation is 1. The minimum atomic E-state index is 0.116. The Morgan fingerprint density at radius 1 is 1.33 bits per heavy atom. The standard InChI is InChI=1S/C14H15N5OS/c1-18(9-11-5-3-2-4-6-11)13(20)8-7-12-17-19-10-15-16-14(19)21-12/h2-6,10H,7-9H2,1H3. The van der Waals surface area contributed by atoms with Crippen LogP contribution in [0.2, 0.25) is 0 Å². The van der Waals surface area contributed by atoms with Gasteiger partial charge in [0, 0.05) is 26.4 Å². The van der Waals surface area contributed by atoms with Crippen molar-refractivity contribution < 1.29 is 4.79 Å². The quantitative estimate of drug-likeness (QED) is 0.720. The van der Waals surface area contributed by atoms with Crippen LogP contribution in [0.5, 0.6) is 0 Å². The summed E-state index contributed by atoms with van der Waals surface area (Å²) in [5.74, 6) is 0.116. The van der Waals surface area contributed by atoms with Crippen molar-refractivity contribution in [2.24, 2.45) is 0 Å². The number of fused-ring (bicyclic) bond motifs is 1. The lowest BCUT2D eigenvalue weighted by molar-refractivity contribution is -0.130. The molecule has 1 aromatic carbocycles. The largest absolute Gasteiger partial charge is 0.341 e. The van der Waals surface area contributed by atoms with Crippen LogP contribution in [-0.4, -0.2) is 37.7 Å². The molecule has 0 saturated carbocycles. The summed E-state index contributed by atoms with van der Waals surface area (Å²) in [6.07, 6.45) is 2.65. The first-order valence-corrected chi connectivity index (χ1v) is 7.47. The summed E-state index contributed by atoms with van der Waals surface area (Å²) in [5, 5.41) is 12.9. The summed E-state index contributed by atoms with van der Waals surface area (Å²) in [7, 11) is 1.83. The van der Waals surface area contributed by atoms with Crippen LogP contribution in [0.3, 0.4) is 0 Å². The number of benzene rings is 1. The fourth-order valence-electron chi connectivity index (χ4n) is 2.05. The van der Waals surface area contributed by atoms with Crippen molar-refractivity contribution in [3.8, 4) is 0 Å². The average molecular weight is 301 g/mol. The van der Waals surface area contributed by atoms with Gasteiger partial charge in [-0.1, -0.05) is 41.7 Å². The van der Waals surface area contributed by atoms with Gasteiger partial charge >= 0.3 is 0 Å². The van der Waals surface area contributed by atoms with E-state index in [0.29, 0.717) is 19.4 Å². The smallest absolute Gasteiger partial charge is 0.234 e. The van der Waals surface area contributed by atoms with Crippen LogP contribution < -0.4 is 0 Å². The normalized spacial score (nSPS) is 10.9. The SMILES string of the molecule is CN(Cc1ccccc1)C(=O)CCc1nn2cnnc2s1. The predicted octanol–water partition coefficient (Wildman–Crippen LogP) is 1.78. The molecule has 0 fully saturated rings. The van der Waals surface area contributed by atoms with Crippen LogP contribution in [-0.2, 0) is 17.8 Å². The molecule has 7 heteroatoms. The molecule has 0 atom stereocenters. The van der Waals surface area contributed by atoms with Crippen LogP contribution in [0.4, 0.5) is 0 Å². The van der Waals surface area contributed by atoms with Gasteiger partial charge in [-0.2, -0.15) is 9.61 Å². The van der Waals surface area contributed by atoms with E-state index in [1.165, 1.54) is 11.3 Å². The first-order chi connectivity index (χ1) is 10.2. The number of amides is 1. The Morgan fingerprint density at radius 2 is 2.14 bits per heavy atom. The molecular weight excluding hydrogens is 286 g/mol. The Kier molecular flexibility index (Phi) is 3.92. The highest BCUT2D eigenvalue weighted by atomic mass is 32.1. The van der Waals surface area contributed by atoms with E-state index in [4.69, 9.17) is 0 Å². The molecule has 2 aromatic heterocycles. The first-order valence-electron chi connectivity index (χ1n) is 6.66. The Labute approximate surface area is 126 Å². The van der Waals surface area contributed by atoms with E-state index in [2.05, 4.69) is 15.3 Å². The van der Waals surface area contributed by atoms with Gasteiger partial charge in [0.15, 0.2) is 0 Å². The summed E-state index contributed by atoms with van der Waals surface area (Å²) in [6.45, 7) is 0.630. The minimum Gasteiger partial charge on any atom is -0.341 e. The molecule has 3 aromatic rings. The van der Waals surface area contributed by atoms with Crippen molar-refractivity contribution in [3.05, 3.63) is 47.2 Å². The molecule has 0 aliphatic carbocycles. The van der Waals surface area contributed by atoms with Gasteiger partial charge in [0.05, 0.1) is 0 Å². The average Bonchev–Trinajstić information content (AvgIpc) is 3.06. The Bertz CT molecular complexity index is 708. The van der Waals surface area contributed by atoms with Crippen molar-refractivity contribution in [1.82, 2.24) is 24.7 Å². The predicted molar refractivity (Wildman–Crippen MR) is 79.9 cm³/mol. The van der Waals surface area contributed by atoms with E-state index in [1.54, 1.807) is 15.7 Å². The highest BCUT2D eigenvalue weighted by molar-refractivity contribution is 7.16. The lowest BCUT2D eigenvalue weighted by Gasteiger charge is -2.16. The summed E-state index contributed by atoms with van der Waals surface area (Å²) in [4.78, 5) is 14.6. The first kappa shape index (κ1) is 13.7. The number of aromatic nitrogens is 4. The van der Waals surface area contributed by atoms with Crippen LogP contribution in [0.15, 0.2) is 36.7 Å². The molecule has 0 radical (unpaired) electrons. The molecule has 1 amide bonds. The van der Waals surface area contributed by atoms with E-state index in [-0.39, 0.29) is 5.91 Å². The van der Waals surface area contributed by atoms with Crippen LogP contribution in [0.1, 0.15) is 17.0 Å². The van der Waals surface area contributed by atoms with Gasteiger partial charge in [0.25, 0.3) is 0 Å². The summed E-state index contributed by atoms with van der Waals surface area (Å²) < 4.78 is 1.64. The maximum Gasteiger partial charge on any atom is 0.234 e. The third-order valence-electron chi connectivity index (χ3n) is 3.17. The molecule has 3 rings (SSSR count). The number of carbonyl (C=O) groups excluding carboxylic acids is 1. The second-order valence-electron chi connectivity index (χ2n) is 4.79. The number of rotatable bonds is 5. The van der Waals surface area contributed by atoms with Crippen LogP contribution >= 0.6 is 11.3 Å². The van der Waals surface area contributed by atoms with Gasteiger partial charge in [-0.25, -0.2) is 0 Å². The van der Waals surface area contributed by atoms with Gasteiger partial charge in [-0.3, -0.25) is 4.79 Å². The summed E-state index contributed by atoms with van der Waals surface area (Å²) in [5.41, 5.74) is 1.13. The second kappa shape index (κ2) is 6.01. The molecule has 2 heterocycles. The molecule has 0 bridgehead atoms. The van der Waals surface area contributed by atoms with Crippen molar-refractivity contribution in [2.75, 3.05) is 7.05 Å². The Morgan fingerprint density at radius 3 is 2.90 bits per heavy atom. The molecule has 0 aliphatic heterocycles. The third kappa shape index (κ3) is 3.25. The highest BCUT2D eigenvalue weighted by Crippen LogP contribution is 2.14. The lowest BCUT2D eigenvalue weighted by Crippen LogP contribution is -2.26. The van der Waals surface area contributed by atoms with Crippen molar-refractivity contribution in [2.45, 2.75) is 19.4 Å². The fourth-order valence-corrected chi connectivity index (χ4v) is 2.87. The number of nitrogens with zero attached hydrogens (tertiary/aromatic N) is 5. The maximum atomic E-state index is 12.1. The zero-order valence-electron chi connectivity index (χ0n) is 11.6. The van der Waals surface area contributed by atoms with E-state index in [9.17, 15) is 4.79 Å².